The van der Waals surface area contributed by atoms with Gasteiger partial charge in [-0.2, -0.15) is 0 Å². The summed E-state index contributed by atoms with van der Waals surface area (Å²) >= 11 is 0. The van der Waals surface area contributed by atoms with E-state index >= 15 is 0 Å². The molecule has 2 fully saturated rings. The zero-order valence-electron chi connectivity index (χ0n) is 14.2. The molecule has 0 heterocycles. The van der Waals surface area contributed by atoms with Gasteiger partial charge in [-0.05, 0) is 73.6 Å². The van der Waals surface area contributed by atoms with Crippen LogP contribution in [0.25, 0.3) is 0 Å². The molecule has 1 aromatic rings. The second kappa shape index (κ2) is 5.49. The van der Waals surface area contributed by atoms with E-state index < -0.39 is 0 Å². The minimum atomic E-state index is -0.337. The van der Waals surface area contributed by atoms with E-state index in [1.54, 1.807) is 7.11 Å². The molecule has 3 nitrogen and oxygen atoms in total. The van der Waals surface area contributed by atoms with Crippen LogP contribution in [0.5, 0.6) is 5.75 Å². The van der Waals surface area contributed by atoms with Crippen LogP contribution in [-0.2, 0) is 6.42 Å². The molecule has 0 amide bonds. The Morgan fingerprint density at radius 3 is 2.78 bits per heavy atom. The van der Waals surface area contributed by atoms with Crippen molar-refractivity contribution >= 4 is 0 Å². The SMILES string of the molecule is CCC12CC(O)[C@@H]3c4ccc(OC)cc4CC[C@@H]3[C@@H]1CCC2O. The fourth-order valence-corrected chi connectivity index (χ4v) is 6.17. The lowest BCUT2D eigenvalue weighted by molar-refractivity contribution is -0.0922. The third kappa shape index (κ3) is 2.09. The molecule has 0 aliphatic heterocycles. The highest BCUT2D eigenvalue weighted by Gasteiger charge is 2.58. The van der Waals surface area contributed by atoms with E-state index in [0.29, 0.717) is 11.8 Å². The van der Waals surface area contributed by atoms with Gasteiger partial charge in [-0.15, -0.1) is 0 Å². The molecule has 6 atom stereocenters. The summed E-state index contributed by atoms with van der Waals surface area (Å²) in [6, 6.07) is 6.33. The van der Waals surface area contributed by atoms with Gasteiger partial charge in [0.25, 0.3) is 0 Å². The Balaban J connectivity index is 1.74. The molecule has 3 aliphatic rings. The number of benzene rings is 1. The van der Waals surface area contributed by atoms with Gasteiger partial charge in [0.05, 0.1) is 19.3 Å². The highest BCUT2D eigenvalue weighted by Crippen LogP contribution is 2.62. The van der Waals surface area contributed by atoms with Crippen LogP contribution in [0.4, 0.5) is 0 Å². The summed E-state index contributed by atoms with van der Waals surface area (Å²) in [6.07, 6.45) is 5.38. The maximum absolute atomic E-state index is 11.0. The van der Waals surface area contributed by atoms with Gasteiger partial charge in [-0.3, -0.25) is 0 Å². The fourth-order valence-electron chi connectivity index (χ4n) is 6.17. The van der Waals surface area contributed by atoms with Crippen molar-refractivity contribution in [3.63, 3.8) is 0 Å². The molecule has 3 unspecified atom stereocenters. The molecule has 1 aromatic carbocycles. The molecule has 2 N–H and O–H groups in total. The molecule has 0 aromatic heterocycles. The zero-order valence-corrected chi connectivity index (χ0v) is 14.2. The molecule has 23 heavy (non-hydrogen) atoms. The van der Waals surface area contributed by atoms with Crippen molar-refractivity contribution in [3.05, 3.63) is 29.3 Å². The second-order valence-corrected chi connectivity index (χ2v) is 7.85. The first-order valence-corrected chi connectivity index (χ1v) is 9.13. The number of aryl methyl sites for hydroxylation is 1. The number of ether oxygens (including phenoxy) is 1. The summed E-state index contributed by atoms with van der Waals surface area (Å²) in [4.78, 5) is 0. The van der Waals surface area contributed by atoms with Crippen molar-refractivity contribution in [2.24, 2.45) is 17.3 Å². The molecule has 2 saturated carbocycles. The topological polar surface area (TPSA) is 49.7 Å². The van der Waals surface area contributed by atoms with Crippen LogP contribution in [0.15, 0.2) is 18.2 Å². The summed E-state index contributed by atoms with van der Waals surface area (Å²) in [5.74, 6) is 2.22. The van der Waals surface area contributed by atoms with Crippen LogP contribution in [0.1, 0.15) is 56.1 Å². The first-order valence-electron chi connectivity index (χ1n) is 9.13. The molecule has 0 radical (unpaired) electrons. The Bertz CT molecular complexity index is 599. The zero-order chi connectivity index (χ0) is 16.2. The van der Waals surface area contributed by atoms with E-state index in [4.69, 9.17) is 4.74 Å². The Hall–Kier alpha value is -1.06. The van der Waals surface area contributed by atoms with Gasteiger partial charge in [0.15, 0.2) is 0 Å². The van der Waals surface area contributed by atoms with Crippen molar-refractivity contribution < 1.29 is 14.9 Å². The number of hydrogen-bond donors (Lipinski definition) is 2. The third-order valence-corrected chi connectivity index (χ3v) is 7.25. The summed E-state index contributed by atoms with van der Waals surface area (Å²) in [6.45, 7) is 2.19. The lowest BCUT2D eigenvalue weighted by Gasteiger charge is -2.53. The maximum atomic E-state index is 11.0. The summed E-state index contributed by atoms with van der Waals surface area (Å²) < 4.78 is 5.36. The van der Waals surface area contributed by atoms with Crippen LogP contribution in [0.2, 0.25) is 0 Å². The van der Waals surface area contributed by atoms with E-state index in [9.17, 15) is 10.2 Å². The Kier molecular flexibility index (Phi) is 3.69. The molecule has 0 bridgehead atoms. The van der Waals surface area contributed by atoms with E-state index in [2.05, 4.69) is 19.1 Å². The molecular weight excluding hydrogens is 288 g/mol. The predicted molar refractivity (Wildman–Crippen MR) is 89.6 cm³/mol. The summed E-state index contributed by atoms with van der Waals surface area (Å²) in [7, 11) is 1.71. The largest absolute Gasteiger partial charge is 0.497 e. The fraction of sp³-hybridized carbons (Fsp3) is 0.700. The van der Waals surface area contributed by atoms with E-state index in [0.717, 1.165) is 44.3 Å². The number of fused-ring (bicyclic) bond motifs is 5. The van der Waals surface area contributed by atoms with Crippen LogP contribution < -0.4 is 4.74 Å². The summed E-state index contributed by atoms with van der Waals surface area (Å²) in [5.41, 5.74) is 2.61. The van der Waals surface area contributed by atoms with Crippen LogP contribution in [-0.4, -0.2) is 29.5 Å². The number of hydrogen-bond acceptors (Lipinski definition) is 3. The number of aliphatic hydroxyl groups is 2. The number of rotatable bonds is 2. The second-order valence-electron chi connectivity index (χ2n) is 7.85. The predicted octanol–water partition coefficient (Wildman–Crippen LogP) is 3.27. The number of aliphatic hydroxyl groups excluding tert-OH is 2. The van der Waals surface area contributed by atoms with E-state index in [1.165, 1.54) is 11.1 Å². The van der Waals surface area contributed by atoms with Gasteiger partial charge in [-0.1, -0.05) is 13.0 Å². The van der Waals surface area contributed by atoms with Crippen LogP contribution in [0, 0.1) is 17.3 Å². The van der Waals surface area contributed by atoms with Gasteiger partial charge in [0, 0.05) is 11.3 Å². The smallest absolute Gasteiger partial charge is 0.119 e. The lowest BCUT2D eigenvalue weighted by atomic mass is 9.53. The molecular formula is C20H28O3. The lowest BCUT2D eigenvalue weighted by Crippen LogP contribution is -2.51. The quantitative estimate of drug-likeness (QED) is 0.880. The van der Waals surface area contributed by atoms with E-state index in [-0.39, 0.29) is 23.5 Å². The first kappa shape index (κ1) is 15.5. The van der Waals surface area contributed by atoms with Crippen molar-refractivity contribution in [1.29, 1.82) is 0 Å². The molecule has 0 saturated heterocycles. The average molecular weight is 316 g/mol. The summed E-state index contributed by atoms with van der Waals surface area (Å²) in [5, 5.41) is 21.6. The normalized spacial score (nSPS) is 41.8. The minimum absolute atomic E-state index is 0.0510. The maximum Gasteiger partial charge on any atom is 0.119 e. The van der Waals surface area contributed by atoms with Crippen LogP contribution >= 0.6 is 0 Å². The van der Waals surface area contributed by atoms with Crippen molar-refractivity contribution in [1.82, 2.24) is 0 Å². The van der Waals surface area contributed by atoms with Crippen molar-refractivity contribution in [2.75, 3.05) is 7.11 Å². The highest BCUT2D eigenvalue weighted by atomic mass is 16.5. The molecule has 3 heteroatoms. The molecule has 0 spiro atoms. The monoisotopic (exact) mass is 316 g/mol. The standard InChI is InChI=1S/C20H28O3/c1-3-20-11-17(21)19-14-7-5-13(23-2)10-12(14)4-6-15(19)16(20)8-9-18(20)22/h5,7,10,15-19,21-22H,3-4,6,8-9,11H2,1-2H3/t15-,16+,17?,18?,19-,20?/m1/s1. The Labute approximate surface area is 138 Å². The average Bonchev–Trinajstić information content (AvgIpc) is 2.91. The minimum Gasteiger partial charge on any atom is -0.497 e. The van der Waals surface area contributed by atoms with Crippen molar-refractivity contribution in [3.8, 4) is 5.75 Å². The molecule has 4 rings (SSSR count). The van der Waals surface area contributed by atoms with Crippen LogP contribution in [0.3, 0.4) is 0 Å². The number of methoxy groups -OCH3 is 1. The highest BCUT2D eigenvalue weighted by molar-refractivity contribution is 5.41. The first-order chi connectivity index (χ1) is 11.1. The molecule has 3 aliphatic carbocycles. The van der Waals surface area contributed by atoms with Gasteiger partial charge in [-0.25, -0.2) is 0 Å². The Morgan fingerprint density at radius 2 is 2.04 bits per heavy atom. The molecule has 126 valence electrons. The van der Waals surface area contributed by atoms with Crippen molar-refractivity contribution in [2.45, 2.75) is 63.6 Å². The van der Waals surface area contributed by atoms with Gasteiger partial charge in [0.2, 0.25) is 0 Å². The van der Waals surface area contributed by atoms with Gasteiger partial charge >= 0.3 is 0 Å². The van der Waals surface area contributed by atoms with Gasteiger partial charge < -0.3 is 14.9 Å². The van der Waals surface area contributed by atoms with E-state index in [1.807, 2.05) is 6.07 Å². The van der Waals surface area contributed by atoms with Gasteiger partial charge in [0.1, 0.15) is 5.75 Å². The Morgan fingerprint density at radius 1 is 1.22 bits per heavy atom. The third-order valence-electron chi connectivity index (χ3n) is 7.25.